The number of benzene rings is 2. The first-order valence-corrected chi connectivity index (χ1v) is 11.7. The van der Waals surface area contributed by atoms with E-state index in [9.17, 15) is 9.59 Å². The minimum Gasteiger partial charge on any atom is -0.473 e. The number of fused-ring (bicyclic) bond motifs is 5. The molecule has 9 nitrogen and oxygen atoms in total. The number of carbonyl (C=O) groups excluding carboxylic acids is 1. The third-order valence-electron chi connectivity index (χ3n) is 5.97. The van der Waals surface area contributed by atoms with E-state index in [1.807, 2.05) is 56.3 Å². The van der Waals surface area contributed by atoms with Crippen LogP contribution in [0.1, 0.15) is 11.1 Å². The predicted molar refractivity (Wildman–Crippen MR) is 142 cm³/mol. The molecule has 0 radical (unpaired) electrons. The van der Waals surface area contributed by atoms with Crippen LogP contribution in [-0.2, 0) is 11.4 Å². The van der Waals surface area contributed by atoms with Crippen molar-refractivity contribution in [1.29, 1.82) is 0 Å². The highest BCUT2D eigenvalue weighted by molar-refractivity contribution is 6.32. The van der Waals surface area contributed by atoms with E-state index in [-0.39, 0.29) is 23.7 Å². The number of carbonyl (C=O) groups is 1. The number of nitrogens with zero attached hydrogens (tertiary/aromatic N) is 3. The number of hydrogen-bond acceptors (Lipinski definition) is 6. The van der Waals surface area contributed by atoms with Crippen LogP contribution in [0.25, 0.3) is 27.7 Å². The lowest BCUT2D eigenvalue weighted by Gasteiger charge is -2.22. The van der Waals surface area contributed by atoms with Crippen LogP contribution in [0.4, 0.5) is 11.5 Å². The number of nitrogen functional groups attached to an aromatic ring is 1. The maximum Gasteiger partial charge on any atom is 0.264 e. The Labute approximate surface area is 212 Å². The number of nitrogens with two attached hydrogens (primary N) is 1. The molecular formula is C26H25ClN6O3. The monoisotopic (exact) mass is 504 g/mol. The molecule has 1 aliphatic rings. The first-order valence-electron chi connectivity index (χ1n) is 11.3. The van der Waals surface area contributed by atoms with Crippen molar-refractivity contribution in [2.45, 2.75) is 13.5 Å². The number of H-pyrrole nitrogens is 1. The zero-order valence-corrected chi connectivity index (χ0v) is 20.8. The highest BCUT2D eigenvalue weighted by Gasteiger charge is 2.28. The molecule has 2 aromatic carbocycles. The van der Waals surface area contributed by atoms with Gasteiger partial charge in [-0.15, -0.1) is 0 Å². The molecule has 0 unspecified atom stereocenters. The highest BCUT2D eigenvalue weighted by atomic mass is 35.5. The molecule has 184 valence electrons. The molecule has 4 N–H and O–H groups in total. The van der Waals surface area contributed by atoms with E-state index in [0.29, 0.717) is 39.9 Å². The van der Waals surface area contributed by atoms with E-state index in [0.717, 1.165) is 16.7 Å². The molecule has 5 rings (SSSR count). The summed E-state index contributed by atoms with van der Waals surface area (Å²) in [6, 6.07) is 11.1. The van der Waals surface area contributed by atoms with Gasteiger partial charge in [-0.2, -0.15) is 5.10 Å². The number of ether oxygens (including phenoxy) is 1. The number of aryl methyl sites for hydroxylation is 1. The van der Waals surface area contributed by atoms with Gasteiger partial charge in [0.25, 0.3) is 5.56 Å². The Morgan fingerprint density at radius 2 is 2.14 bits per heavy atom. The summed E-state index contributed by atoms with van der Waals surface area (Å²) < 4.78 is 7.40. The van der Waals surface area contributed by atoms with Crippen molar-refractivity contribution in [3.8, 4) is 22.7 Å². The third-order valence-corrected chi connectivity index (χ3v) is 6.29. The van der Waals surface area contributed by atoms with Gasteiger partial charge in [0.1, 0.15) is 23.3 Å². The summed E-state index contributed by atoms with van der Waals surface area (Å²) in [6.45, 7) is 2.75. The first-order chi connectivity index (χ1) is 17.2. The molecule has 0 aliphatic carbocycles. The van der Waals surface area contributed by atoms with E-state index in [1.165, 1.54) is 10.8 Å². The number of rotatable bonds is 5. The number of aromatic nitrogens is 3. The maximum absolute atomic E-state index is 13.0. The van der Waals surface area contributed by atoms with Crippen LogP contribution in [0.3, 0.4) is 0 Å². The summed E-state index contributed by atoms with van der Waals surface area (Å²) in [5, 5.41) is 8.33. The smallest absolute Gasteiger partial charge is 0.264 e. The van der Waals surface area contributed by atoms with Crippen LogP contribution in [0.5, 0.6) is 5.88 Å². The molecule has 4 aromatic rings. The highest BCUT2D eigenvalue weighted by Crippen LogP contribution is 2.43. The normalized spacial score (nSPS) is 12.6. The van der Waals surface area contributed by atoms with Crippen molar-refractivity contribution in [3.05, 3.63) is 75.1 Å². The van der Waals surface area contributed by atoms with E-state index in [2.05, 4.69) is 10.3 Å². The third kappa shape index (κ3) is 4.12. The van der Waals surface area contributed by atoms with Crippen molar-refractivity contribution in [3.63, 3.8) is 0 Å². The summed E-state index contributed by atoms with van der Waals surface area (Å²) in [4.78, 5) is 30.2. The lowest BCUT2D eigenvalue weighted by molar-refractivity contribution is -0.111. The summed E-state index contributed by atoms with van der Waals surface area (Å²) in [5.41, 5.74) is 10.7. The molecule has 36 heavy (non-hydrogen) atoms. The van der Waals surface area contributed by atoms with Crippen molar-refractivity contribution in [2.24, 2.45) is 0 Å². The van der Waals surface area contributed by atoms with Gasteiger partial charge in [0.05, 0.1) is 16.3 Å². The van der Waals surface area contributed by atoms with Crippen LogP contribution in [-0.4, -0.2) is 46.2 Å². The maximum atomic E-state index is 13.0. The van der Waals surface area contributed by atoms with Gasteiger partial charge in [-0.1, -0.05) is 35.9 Å². The van der Waals surface area contributed by atoms with Crippen LogP contribution in [0.15, 0.2) is 53.3 Å². The molecule has 0 bridgehead atoms. The quantitative estimate of drug-likeness (QED) is 0.355. The van der Waals surface area contributed by atoms with Gasteiger partial charge >= 0.3 is 0 Å². The largest absolute Gasteiger partial charge is 0.473 e. The second-order valence-electron chi connectivity index (χ2n) is 8.91. The molecule has 0 spiro atoms. The molecule has 1 amide bonds. The van der Waals surface area contributed by atoms with Gasteiger partial charge in [0, 0.05) is 23.9 Å². The summed E-state index contributed by atoms with van der Waals surface area (Å²) in [7, 11) is 3.85. The Hall–Kier alpha value is -4.08. The van der Waals surface area contributed by atoms with Crippen LogP contribution < -0.4 is 21.3 Å². The molecule has 10 heteroatoms. The average Bonchev–Trinajstić information content (AvgIpc) is 3.17. The van der Waals surface area contributed by atoms with Crippen LogP contribution in [0.2, 0.25) is 5.02 Å². The van der Waals surface area contributed by atoms with Gasteiger partial charge in [0.15, 0.2) is 0 Å². The minimum atomic E-state index is -0.407. The lowest BCUT2D eigenvalue weighted by atomic mass is 9.96. The van der Waals surface area contributed by atoms with E-state index in [4.69, 9.17) is 27.2 Å². The fourth-order valence-electron chi connectivity index (χ4n) is 4.28. The number of amides is 1. The number of nitrogens with one attached hydrogen (secondary N) is 2. The zero-order valence-electron chi connectivity index (χ0n) is 20.1. The summed E-state index contributed by atoms with van der Waals surface area (Å²) in [6.07, 6.45) is 3.29. The molecule has 3 heterocycles. The second kappa shape index (κ2) is 9.18. The van der Waals surface area contributed by atoms with Crippen molar-refractivity contribution >= 4 is 39.9 Å². The Bertz CT molecular complexity index is 1600. The Morgan fingerprint density at radius 3 is 2.92 bits per heavy atom. The molecule has 0 atom stereocenters. The molecule has 0 saturated carbocycles. The molecular weight excluding hydrogens is 480 g/mol. The van der Waals surface area contributed by atoms with Gasteiger partial charge in [-0.3, -0.25) is 14.6 Å². The SMILES string of the molecule is Cc1ccc(Cl)c(-n2nc3c4c([nH]c(=O)c3c2N)OCc2c(NC(=O)/C=C/CN(C)C)cccc2-4)c1. The van der Waals surface area contributed by atoms with E-state index < -0.39 is 5.56 Å². The van der Waals surface area contributed by atoms with Crippen molar-refractivity contribution in [1.82, 2.24) is 19.7 Å². The van der Waals surface area contributed by atoms with E-state index in [1.54, 1.807) is 12.1 Å². The minimum absolute atomic E-state index is 0.168. The zero-order chi connectivity index (χ0) is 25.6. The molecule has 2 aromatic heterocycles. The number of hydrogen-bond donors (Lipinski definition) is 3. The standard InChI is InChI=1S/C26H25ClN6O3/c1-14-9-10-17(27)19(12-14)33-24(28)22-23(31-33)21-15-6-4-7-18(29-20(34)8-5-11-32(2)3)16(15)13-36-26(21)30-25(22)35/h4-10,12H,11,13,28H2,1-3H3,(H,29,34)(H,30,35)/b8-5+. The lowest BCUT2D eigenvalue weighted by Crippen LogP contribution is -2.17. The molecule has 1 aliphatic heterocycles. The van der Waals surface area contributed by atoms with Gasteiger partial charge in [-0.05, 0) is 50.3 Å². The van der Waals surface area contributed by atoms with Crippen molar-refractivity contribution < 1.29 is 9.53 Å². The number of halogens is 1. The van der Waals surface area contributed by atoms with Crippen LogP contribution in [0, 0.1) is 6.92 Å². The number of likely N-dealkylation sites (N-methyl/N-ethyl adjacent to an activating group) is 1. The Morgan fingerprint density at radius 1 is 1.33 bits per heavy atom. The summed E-state index contributed by atoms with van der Waals surface area (Å²) >= 11 is 6.44. The van der Waals surface area contributed by atoms with Gasteiger partial charge < -0.3 is 20.7 Å². The van der Waals surface area contributed by atoms with Crippen molar-refractivity contribution in [2.75, 3.05) is 31.7 Å². The summed E-state index contributed by atoms with van der Waals surface area (Å²) in [5.74, 6) is 0.226. The topological polar surface area (TPSA) is 118 Å². The Balaban J connectivity index is 1.64. The fraction of sp³-hybridized carbons (Fsp3) is 0.192. The first kappa shape index (κ1) is 23.7. The van der Waals surface area contributed by atoms with Gasteiger partial charge in [-0.25, -0.2) is 4.68 Å². The average molecular weight is 505 g/mol. The Kier molecular flexibility index (Phi) is 6.03. The number of pyridine rings is 1. The molecule has 0 saturated heterocycles. The van der Waals surface area contributed by atoms with E-state index >= 15 is 0 Å². The number of aromatic amines is 1. The van der Waals surface area contributed by atoms with Gasteiger partial charge in [0.2, 0.25) is 11.8 Å². The van der Waals surface area contributed by atoms with Crippen LogP contribution >= 0.6 is 11.6 Å². The molecule has 0 fully saturated rings. The number of anilines is 2. The fourth-order valence-corrected chi connectivity index (χ4v) is 4.47. The second-order valence-corrected chi connectivity index (χ2v) is 9.32. The predicted octanol–water partition coefficient (Wildman–Crippen LogP) is 3.87.